The minimum absolute atomic E-state index is 0.167. The van der Waals surface area contributed by atoms with Gasteiger partial charge in [0.05, 0.1) is 17.3 Å². The van der Waals surface area contributed by atoms with Gasteiger partial charge in [-0.3, -0.25) is 9.58 Å². The Hall–Kier alpha value is -3.56. The number of nitrogens with two attached hydrogens (primary N) is 2. The Balaban J connectivity index is 1.38. The van der Waals surface area contributed by atoms with Gasteiger partial charge in [0.1, 0.15) is 42.4 Å². The minimum atomic E-state index is -0.349. The molecule has 1 saturated heterocycles. The molecule has 1 aliphatic carbocycles. The molecule has 164 valence electrons. The van der Waals surface area contributed by atoms with Crippen LogP contribution < -0.4 is 16.6 Å². The molecule has 2 fully saturated rings. The molecule has 2 aliphatic rings. The van der Waals surface area contributed by atoms with Gasteiger partial charge in [-0.05, 0) is 43.3 Å². The number of amides is 1. The average molecular weight is 434 g/mol. The number of hydrazine groups is 1. The van der Waals surface area contributed by atoms with Gasteiger partial charge in [0, 0.05) is 30.9 Å². The first-order chi connectivity index (χ1) is 15.4. The van der Waals surface area contributed by atoms with Crippen molar-refractivity contribution in [3.63, 3.8) is 0 Å². The van der Waals surface area contributed by atoms with Gasteiger partial charge < -0.3 is 5.73 Å². The molecule has 0 spiro atoms. The molecule has 5 rings (SSSR count). The van der Waals surface area contributed by atoms with Gasteiger partial charge in [0.25, 0.3) is 0 Å². The summed E-state index contributed by atoms with van der Waals surface area (Å²) in [5.41, 5.74) is 8.81. The van der Waals surface area contributed by atoms with Crippen molar-refractivity contribution < 1.29 is 13.7 Å². The highest BCUT2D eigenvalue weighted by molar-refractivity contribution is 5.89. The zero-order chi connectivity index (χ0) is 22.5. The molecule has 0 atom stereocenters. The summed E-state index contributed by atoms with van der Waals surface area (Å²) >= 11 is 0. The summed E-state index contributed by atoms with van der Waals surface area (Å²) in [4.78, 5) is 21.8. The van der Waals surface area contributed by atoms with Crippen molar-refractivity contribution in [2.24, 2.45) is 11.6 Å². The summed E-state index contributed by atoms with van der Waals surface area (Å²) in [5, 5.41) is 1.38. The van der Waals surface area contributed by atoms with Crippen LogP contribution in [0.15, 0.2) is 60.8 Å². The first kappa shape index (κ1) is 20.3. The van der Waals surface area contributed by atoms with E-state index in [1.54, 1.807) is 42.3 Å². The van der Waals surface area contributed by atoms with Crippen LogP contribution in [-0.4, -0.2) is 44.1 Å². The van der Waals surface area contributed by atoms with Crippen molar-refractivity contribution in [3.05, 3.63) is 77.9 Å². The van der Waals surface area contributed by atoms with E-state index in [-0.39, 0.29) is 11.7 Å². The number of quaternary nitrogens is 1. The van der Waals surface area contributed by atoms with Crippen molar-refractivity contribution in [1.82, 2.24) is 14.5 Å². The fourth-order valence-corrected chi connectivity index (χ4v) is 4.15. The van der Waals surface area contributed by atoms with Crippen LogP contribution in [0.25, 0.3) is 11.5 Å². The fraction of sp³-hybridized carbons (Fsp3) is 0.261. The lowest BCUT2D eigenvalue weighted by Crippen LogP contribution is -2.35. The highest BCUT2D eigenvalue weighted by Gasteiger charge is 2.60. The number of pyridine rings is 1. The van der Waals surface area contributed by atoms with Crippen molar-refractivity contribution in [2.45, 2.75) is 25.8 Å². The van der Waals surface area contributed by atoms with Crippen LogP contribution in [0.2, 0.25) is 0 Å². The van der Waals surface area contributed by atoms with Gasteiger partial charge in [-0.25, -0.2) is 29.5 Å². The number of aromatic nitrogens is 3. The Kier molecular flexibility index (Phi) is 4.79. The van der Waals surface area contributed by atoms with Gasteiger partial charge >= 0.3 is 5.91 Å². The maximum Gasteiger partial charge on any atom is 0.348 e. The first-order valence-corrected chi connectivity index (χ1v) is 10.6. The maximum atomic E-state index is 13.3. The van der Waals surface area contributed by atoms with Crippen molar-refractivity contribution in [2.75, 3.05) is 18.1 Å². The predicted octanol–water partition coefficient (Wildman–Crippen LogP) is 2.57. The molecule has 4 N–H and O–H groups in total. The van der Waals surface area contributed by atoms with Gasteiger partial charge in [-0.2, -0.15) is 0 Å². The summed E-state index contributed by atoms with van der Waals surface area (Å²) in [6.07, 6.45) is 7.30. The normalized spacial score (nSPS) is 17.6. The van der Waals surface area contributed by atoms with Crippen LogP contribution in [0.3, 0.4) is 0 Å². The Labute approximate surface area is 185 Å². The third-order valence-electron chi connectivity index (χ3n) is 6.16. The molecule has 9 heteroatoms. The standard InChI is InChI=1S/C23H25FN7O/c1-15(25)22(30(26)18-5-3-17(24)4-6-18)20-13-29(14-28-20)21-9-2-16(12-27-21)23(32)31(10-11-31)19-7-8-19/h2-6,9,12-14,19H,7-8,10-11,25-26H2,1H3/q+1/b22-15-. The molecule has 1 aliphatic heterocycles. The molecule has 32 heavy (non-hydrogen) atoms. The number of benzene rings is 1. The highest BCUT2D eigenvalue weighted by Crippen LogP contribution is 2.42. The topological polar surface area (TPSA) is 103 Å². The number of carbonyl (C=O) groups excluding carboxylic acids is 1. The SMILES string of the molecule is C/C(N)=C(\c1cn(-c2ccc(C(=O)[N+]3(C4CC4)CC3)cn2)cn1)N(N)c1ccc(F)cc1. The van der Waals surface area contributed by atoms with Gasteiger partial charge in [0.2, 0.25) is 0 Å². The number of imidazole rings is 1. The maximum absolute atomic E-state index is 13.3. The van der Waals surface area contributed by atoms with Crippen LogP contribution in [0.1, 0.15) is 35.8 Å². The molecule has 1 amide bonds. The number of anilines is 1. The molecule has 2 aromatic heterocycles. The molecular weight excluding hydrogens is 409 g/mol. The quantitative estimate of drug-likeness (QED) is 0.268. The third kappa shape index (κ3) is 3.55. The van der Waals surface area contributed by atoms with Crippen LogP contribution in [0, 0.1) is 5.82 Å². The Morgan fingerprint density at radius 1 is 1.16 bits per heavy atom. The lowest BCUT2D eigenvalue weighted by Gasteiger charge is -2.22. The molecule has 3 heterocycles. The fourth-order valence-electron chi connectivity index (χ4n) is 4.15. The molecule has 1 saturated carbocycles. The number of halogens is 1. The second-order valence-corrected chi connectivity index (χ2v) is 8.47. The predicted molar refractivity (Wildman–Crippen MR) is 119 cm³/mol. The van der Waals surface area contributed by atoms with Crippen molar-refractivity contribution in [1.29, 1.82) is 0 Å². The second-order valence-electron chi connectivity index (χ2n) is 8.47. The number of allylic oxidation sites excluding steroid dienone is 1. The van der Waals surface area contributed by atoms with E-state index in [9.17, 15) is 9.18 Å². The van der Waals surface area contributed by atoms with E-state index in [0.29, 0.717) is 44.7 Å². The van der Waals surface area contributed by atoms with E-state index in [1.165, 1.54) is 17.1 Å². The molecule has 0 unspecified atom stereocenters. The lowest BCUT2D eigenvalue weighted by molar-refractivity contribution is -0.723. The second kappa shape index (κ2) is 7.54. The van der Waals surface area contributed by atoms with E-state index >= 15 is 0 Å². The minimum Gasteiger partial charge on any atom is -0.400 e. The van der Waals surface area contributed by atoms with Crippen LogP contribution in [-0.2, 0) is 0 Å². The molecule has 0 radical (unpaired) electrons. The van der Waals surface area contributed by atoms with Gasteiger partial charge in [-0.1, -0.05) is 0 Å². The number of nitrogens with zero attached hydrogens (tertiary/aromatic N) is 5. The Morgan fingerprint density at radius 3 is 2.44 bits per heavy atom. The third-order valence-corrected chi connectivity index (χ3v) is 6.16. The summed E-state index contributed by atoms with van der Waals surface area (Å²) in [6.45, 7) is 3.60. The number of hydrogen-bond donors (Lipinski definition) is 2. The van der Waals surface area contributed by atoms with E-state index in [1.807, 2.05) is 12.1 Å². The zero-order valence-electron chi connectivity index (χ0n) is 17.8. The smallest absolute Gasteiger partial charge is 0.348 e. The van der Waals surface area contributed by atoms with Crippen LogP contribution in [0.5, 0.6) is 0 Å². The molecule has 3 aromatic rings. The summed E-state index contributed by atoms with van der Waals surface area (Å²) in [6, 6.07) is 9.94. The first-order valence-electron chi connectivity index (χ1n) is 10.6. The van der Waals surface area contributed by atoms with Gasteiger partial charge in [-0.15, -0.1) is 0 Å². The van der Waals surface area contributed by atoms with Crippen molar-refractivity contribution >= 4 is 17.3 Å². The number of rotatable bonds is 6. The Morgan fingerprint density at radius 2 is 1.88 bits per heavy atom. The largest absolute Gasteiger partial charge is 0.400 e. The summed E-state index contributed by atoms with van der Waals surface area (Å²) in [7, 11) is 0. The van der Waals surface area contributed by atoms with E-state index in [2.05, 4.69) is 9.97 Å². The van der Waals surface area contributed by atoms with Gasteiger partial charge in [0.15, 0.2) is 0 Å². The van der Waals surface area contributed by atoms with E-state index in [4.69, 9.17) is 11.6 Å². The zero-order valence-corrected chi connectivity index (χ0v) is 17.8. The lowest BCUT2D eigenvalue weighted by atomic mass is 10.2. The molecule has 0 bridgehead atoms. The number of carbonyl (C=O) groups is 1. The van der Waals surface area contributed by atoms with E-state index in [0.717, 1.165) is 25.9 Å². The Bertz CT molecular complexity index is 1190. The average Bonchev–Trinajstić information content (AvgIpc) is 3.71. The molecular formula is C23H25FN7O+. The van der Waals surface area contributed by atoms with Crippen LogP contribution >= 0.6 is 0 Å². The summed E-state index contributed by atoms with van der Waals surface area (Å²) in [5.74, 6) is 6.71. The van der Waals surface area contributed by atoms with Crippen molar-refractivity contribution in [3.8, 4) is 5.82 Å². The number of hydrogen-bond acceptors (Lipinski definition) is 6. The summed E-state index contributed by atoms with van der Waals surface area (Å²) < 4.78 is 15.6. The molecule has 1 aromatic carbocycles. The monoisotopic (exact) mass is 434 g/mol. The van der Waals surface area contributed by atoms with E-state index < -0.39 is 0 Å². The van der Waals surface area contributed by atoms with Crippen LogP contribution in [0.4, 0.5) is 10.1 Å². The molecule has 8 nitrogen and oxygen atoms in total. The highest BCUT2D eigenvalue weighted by atomic mass is 19.1.